The molecule has 37 heavy (non-hydrogen) atoms. The van der Waals surface area contributed by atoms with Crippen LogP contribution in [0.2, 0.25) is 0 Å². The van der Waals surface area contributed by atoms with Crippen molar-refractivity contribution in [1.29, 1.82) is 0 Å². The van der Waals surface area contributed by atoms with Crippen LogP contribution in [-0.4, -0.2) is 82.3 Å². The topological polar surface area (TPSA) is 96.4 Å². The molecular formula is C29H46N2O6. The summed E-state index contributed by atoms with van der Waals surface area (Å²) >= 11 is 0. The summed E-state index contributed by atoms with van der Waals surface area (Å²) in [5, 5.41) is 9.14. The Morgan fingerprint density at radius 1 is 1.16 bits per heavy atom. The lowest BCUT2D eigenvalue weighted by atomic mass is 9.65. The minimum atomic E-state index is -0.999. The van der Waals surface area contributed by atoms with Gasteiger partial charge in [-0.15, -0.1) is 6.58 Å². The molecule has 3 heterocycles. The molecule has 208 valence electrons. The highest BCUT2D eigenvalue weighted by Gasteiger charge is 2.79. The Morgan fingerprint density at radius 2 is 1.89 bits per heavy atom. The molecule has 0 aromatic heterocycles. The van der Waals surface area contributed by atoms with E-state index in [4.69, 9.17) is 14.6 Å². The lowest BCUT2D eigenvalue weighted by molar-refractivity contribution is -0.162. The first kappa shape index (κ1) is 28.1. The van der Waals surface area contributed by atoms with Crippen LogP contribution < -0.4 is 0 Å². The molecule has 0 aromatic rings. The number of carbonyl (C=O) groups is 3. The van der Waals surface area contributed by atoms with Gasteiger partial charge in [-0.3, -0.25) is 14.4 Å². The first-order chi connectivity index (χ1) is 17.9. The van der Waals surface area contributed by atoms with Crippen LogP contribution in [0.1, 0.15) is 90.9 Å². The minimum absolute atomic E-state index is 0.0607. The Kier molecular flexibility index (Phi) is 9.00. The van der Waals surface area contributed by atoms with Gasteiger partial charge in [0.15, 0.2) is 0 Å². The van der Waals surface area contributed by atoms with Crippen molar-refractivity contribution in [2.24, 2.45) is 11.8 Å². The number of unbranched alkanes of at least 4 members (excludes halogenated alkanes) is 3. The molecule has 0 radical (unpaired) electrons. The molecule has 4 fully saturated rings. The van der Waals surface area contributed by atoms with Gasteiger partial charge >= 0.3 is 5.97 Å². The summed E-state index contributed by atoms with van der Waals surface area (Å²) in [6.07, 6.45) is 12.1. The predicted molar refractivity (Wildman–Crippen MR) is 140 cm³/mol. The highest BCUT2D eigenvalue weighted by Crippen LogP contribution is 2.64. The summed E-state index contributed by atoms with van der Waals surface area (Å²) in [6, 6.07) is -0.603. The van der Waals surface area contributed by atoms with Crippen LogP contribution in [0.3, 0.4) is 0 Å². The zero-order valence-corrected chi connectivity index (χ0v) is 22.8. The quantitative estimate of drug-likeness (QED) is 0.227. The molecule has 2 amide bonds. The van der Waals surface area contributed by atoms with Crippen molar-refractivity contribution in [2.45, 2.75) is 114 Å². The molecule has 2 bridgehead atoms. The van der Waals surface area contributed by atoms with Crippen LogP contribution in [0.25, 0.3) is 0 Å². The van der Waals surface area contributed by atoms with E-state index in [1.165, 1.54) is 6.42 Å². The maximum Gasteiger partial charge on any atom is 0.312 e. The number of amides is 2. The highest BCUT2D eigenvalue weighted by molar-refractivity contribution is 5.98. The maximum absolute atomic E-state index is 14.5. The maximum atomic E-state index is 14.5. The van der Waals surface area contributed by atoms with Crippen LogP contribution in [0, 0.1) is 11.8 Å². The second-order valence-electron chi connectivity index (χ2n) is 11.3. The van der Waals surface area contributed by atoms with Gasteiger partial charge in [-0.1, -0.05) is 45.1 Å². The standard InChI is InChI=1S/C29H46N2O6/c1-4-18-30(21-14-10-9-11-15-21)26(34)24-29-17-16-28(5-2,37-29)23(27(35)36-6-3)22(29)25(33)31(24)19-12-7-8-13-20-32/h4,21-24,32H,1,5-20H2,2-3H3/t22-,23-,24?,28+,29?/m0/s1. The van der Waals surface area contributed by atoms with Crippen molar-refractivity contribution in [1.82, 2.24) is 9.80 Å². The summed E-state index contributed by atoms with van der Waals surface area (Å²) in [6.45, 7) is 8.99. The number of esters is 1. The molecule has 1 spiro atoms. The molecule has 4 rings (SSSR count). The Bertz CT molecular complexity index is 857. The third-order valence-electron chi connectivity index (χ3n) is 9.39. The average molecular weight is 519 g/mol. The number of hydrogen-bond donors (Lipinski definition) is 1. The predicted octanol–water partition coefficient (Wildman–Crippen LogP) is 3.60. The van der Waals surface area contributed by atoms with E-state index < -0.39 is 29.1 Å². The fourth-order valence-corrected chi connectivity index (χ4v) is 7.68. The first-order valence-corrected chi connectivity index (χ1v) is 14.6. The zero-order valence-electron chi connectivity index (χ0n) is 22.8. The summed E-state index contributed by atoms with van der Waals surface area (Å²) in [5.41, 5.74) is -1.76. The van der Waals surface area contributed by atoms with Crippen molar-refractivity contribution in [2.75, 3.05) is 26.3 Å². The molecule has 1 saturated carbocycles. The second-order valence-corrected chi connectivity index (χ2v) is 11.3. The normalized spacial score (nSPS) is 33.0. The molecule has 0 aromatic carbocycles. The van der Waals surface area contributed by atoms with E-state index in [1.807, 2.05) is 11.8 Å². The van der Waals surface area contributed by atoms with Gasteiger partial charge in [0.05, 0.1) is 18.1 Å². The van der Waals surface area contributed by atoms with Crippen molar-refractivity contribution in [3.05, 3.63) is 12.7 Å². The Hall–Kier alpha value is -1.93. The number of nitrogens with zero attached hydrogens (tertiary/aromatic N) is 2. The van der Waals surface area contributed by atoms with Gasteiger partial charge in [-0.2, -0.15) is 0 Å². The highest BCUT2D eigenvalue weighted by atomic mass is 16.6. The van der Waals surface area contributed by atoms with E-state index in [0.717, 1.165) is 51.4 Å². The number of ether oxygens (including phenoxy) is 2. The first-order valence-electron chi connectivity index (χ1n) is 14.6. The molecule has 3 aliphatic heterocycles. The van der Waals surface area contributed by atoms with E-state index in [9.17, 15) is 14.4 Å². The van der Waals surface area contributed by atoms with Crippen molar-refractivity contribution in [3.8, 4) is 0 Å². The average Bonchev–Trinajstić information content (AvgIpc) is 3.51. The number of hydrogen-bond acceptors (Lipinski definition) is 6. The van der Waals surface area contributed by atoms with Gasteiger partial charge in [0.2, 0.25) is 11.8 Å². The lowest BCUT2D eigenvalue weighted by Gasteiger charge is -2.41. The van der Waals surface area contributed by atoms with Crippen molar-refractivity contribution in [3.63, 3.8) is 0 Å². The Balaban J connectivity index is 1.70. The number of fused-ring (bicyclic) bond motifs is 1. The number of carbonyl (C=O) groups excluding carboxylic acids is 3. The van der Waals surface area contributed by atoms with Gasteiger partial charge in [-0.05, 0) is 51.9 Å². The SMILES string of the molecule is C=CCN(C(=O)C1N(CCCCCCO)C(=O)[C@@H]2[C@@H](C(=O)OCC)[C@@]3(CC)CCC12O3)C1CCCCC1. The van der Waals surface area contributed by atoms with Crippen LogP contribution in [0.15, 0.2) is 12.7 Å². The summed E-state index contributed by atoms with van der Waals surface area (Å²) in [5.74, 6) is -1.96. The number of rotatable bonds is 13. The third kappa shape index (κ3) is 4.84. The monoisotopic (exact) mass is 518 g/mol. The van der Waals surface area contributed by atoms with Crippen LogP contribution in [0.4, 0.5) is 0 Å². The minimum Gasteiger partial charge on any atom is -0.466 e. The largest absolute Gasteiger partial charge is 0.466 e. The number of likely N-dealkylation sites (tertiary alicyclic amines) is 1. The van der Waals surface area contributed by atoms with Gasteiger partial charge in [-0.25, -0.2) is 0 Å². The van der Waals surface area contributed by atoms with Gasteiger partial charge in [0, 0.05) is 25.7 Å². The fraction of sp³-hybridized carbons (Fsp3) is 0.828. The Morgan fingerprint density at radius 3 is 2.54 bits per heavy atom. The molecule has 1 aliphatic carbocycles. The zero-order chi connectivity index (χ0) is 26.6. The number of aliphatic hydroxyl groups is 1. The summed E-state index contributed by atoms with van der Waals surface area (Å²) in [7, 11) is 0. The summed E-state index contributed by atoms with van der Waals surface area (Å²) in [4.78, 5) is 45.6. The third-order valence-corrected chi connectivity index (χ3v) is 9.39. The second kappa shape index (κ2) is 11.9. The molecule has 5 atom stereocenters. The van der Waals surface area contributed by atoms with E-state index >= 15 is 0 Å². The van der Waals surface area contributed by atoms with Gasteiger partial charge < -0.3 is 24.4 Å². The Labute approximate surface area is 221 Å². The van der Waals surface area contributed by atoms with E-state index in [0.29, 0.717) is 32.4 Å². The molecular weight excluding hydrogens is 472 g/mol. The van der Waals surface area contributed by atoms with Gasteiger partial charge in [0.1, 0.15) is 17.6 Å². The van der Waals surface area contributed by atoms with Crippen LogP contribution in [0.5, 0.6) is 0 Å². The molecule has 8 nitrogen and oxygen atoms in total. The fourth-order valence-electron chi connectivity index (χ4n) is 7.68. The molecule has 4 aliphatic rings. The molecule has 8 heteroatoms. The number of aliphatic hydroxyl groups excluding tert-OH is 1. The molecule has 2 unspecified atom stereocenters. The summed E-state index contributed by atoms with van der Waals surface area (Å²) < 4.78 is 12.3. The van der Waals surface area contributed by atoms with Crippen molar-refractivity contribution < 1.29 is 29.0 Å². The van der Waals surface area contributed by atoms with E-state index in [1.54, 1.807) is 17.9 Å². The molecule has 1 N–H and O–H groups in total. The van der Waals surface area contributed by atoms with E-state index in [-0.39, 0.29) is 37.0 Å². The van der Waals surface area contributed by atoms with Gasteiger partial charge in [0.25, 0.3) is 0 Å². The van der Waals surface area contributed by atoms with Crippen molar-refractivity contribution >= 4 is 17.8 Å². The lowest BCUT2D eigenvalue weighted by Crippen LogP contribution is -2.58. The molecule has 3 saturated heterocycles. The van der Waals surface area contributed by atoms with Crippen LogP contribution >= 0.6 is 0 Å². The van der Waals surface area contributed by atoms with E-state index in [2.05, 4.69) is 6.58 Å². The van der Waals surface area contributed by atoms with Crippen LogP contribution in [-0.2, 0) is 23.9 Å². The smallest absolute Gasteiger partial charge is 0.312 e.